The van der Waals surface area contributed by atoms with Crippen LogP contribution in [0.2, 0.25) is 0 Å². The van der Waals surface area contributed by atoms with E-state index in [0.29, 0.717) is 0 Å². The Hall–Kier alpha value is 5.74. The molecule has 5 heteroatoms. The minimum absolute atomic E-state index is 0. The van der Waals surface area contributed by atoms with E-state index in [-0.39, 0.29) is 174 Å². The Kier molecular flexibility index (Phi) is 140. The quantitative estimate of drug-likeness (QED) is 0.293. The van der Waals surface area contributed by atoms with Gasteiger partial charge >= 0.3 is 23.1 Å². The average molecular weight is 671 g/mol. The fourth-order valence-corrected chi connectivity index (χ4v) is 0. The Balaban J connectivity index is 0. The summed E-state index contributed by atoms with van der Waals surface area (Å²) in [6.07, 6.45) is 0. The summed E-state index contributed by atoms with van der Waals surface area (Å²) >= 11 is 0. The van der Waals surface area contributed by atoms with Crippen molar-refractivity contribution in [1.29, 1.82) is 0 Å². The summed E-state index contributed by atoms with van der Waals surface area (Å²) < 4.78 is 0. The molecule has 0 unspecified atom stereocenters. The predicted molar refractivity (Wildman–Crippen MR) is 8.54 cm³/mol. The van der Waals surface area contributed by atoms with Crippen LogP contribution in [-0.2, 0) is 22.4 Å². The molecule has 0 saturated heterocycles. The molecule has 0 N–H and O–H groups in total. The molecule has 0 aliphatic heterocycles. The van der Waals surface area contributed by atoms with Gasteiger partial charge in [-0.1, -0.05) is 0 Å². The number of hydrogen-bond donors (Lipinski definition) is 0. The second-order valence-electron chi connectivity index (χ2n) is 0. The van der Waals surface area contributed by atoms with Crippen LogP contribution in [0.1, 0.15) is 0 Å². The Morgan fingerprint density at radius 1 is 1.00 bits per heavy atom. The van der Waals surface area contributed by atoms with E-state index < -0.39 is 0 Å². The molecule has 0 aromatic rings. The molecular formula is H2CeMgSmTaYb. The fraction of sp³-hybridized carbons (Fsp3) is 0. The van der Waals surface area contributed by atoms with Crippen molar-refractivity contribution >= 4 is 23.1 Å². The maximum atomic E-state index is 0. The van der Waals surface area contributed by atoms with Gasteiger partial charge in [0.2, 0.25) is 0 Å². The van der Waals surface area contributed by atoms with Gasteiger partial charge in [0.05, 0.1) is 0 Å². The summed E-state index contributed by atoms with van der Waals surface area (Å²) in [5.74, 6) is 0. The van der Waals surface area contributed by atoms with Crippen molar-refractivity contribution in [1.82, 2.24) is 0 Å². The van der Waals surface area contributed by atoms with Gasteiger partial charge in [0, 0.05) is 151 Å². The third-order valence-corrected chi connectivity index (χ3v) is 0. The minimum atomic E-state index is 0. The fourth-order valence-electron chi connectivity index (χ4n) is 0. The first-order valence-electron chi connectivity index (χ1n) is 0. The number of hydrogen-bond acceptors (Lipinski definition) is 0. The summed E-state index contributed by atoms with van der Waals surface area (Å²) in [6, 6.07) is 0. The van der Waals surface area contributed by atoms with Crippen LogP contribution in [0.3, 0.4) is 0 Å². The van der Waals surface area contributed by atoms with Crippen LogP contribution in [0.15, 0.2) is 0 Å². The molecule has 0 aromatic carbocycles. The molecule has 0 bridgehead atoms. The Labute approximate surface area is 169 Å². The smallest absolute Gasteiger partial charge is 0 e. The van der Waals surface area contributed by atoms with Crippen molar-refractivity contribution in [3.8, 4) is 0 Å². The standard InChI is InChI=1S/Ce.Mg.Sm.Ta.Yb.2H. The zero-order valence-electron chi connectivity index (χ0n) is 1.62. The van der Waals surface area contributed by atoms with Gasteiger partial charge in [-0.2, -0.15) is 0 Å². The van der Waals surface area contributed by atoms with Gasteiger partial charge in [-0.25, -0.2) is 0 Å². The first kappa shape index (κ1) is 30.9. The Morgan fingerprint density at radius 3 is 1.00 bits per heavy atom. The van der Waals surface area contributed by atoms with E-state index in [2.05, 4.69) is 0 Å². The molecule has 0 rings (SSSR count). The Bertz CT molecular complexity index is 11.6. The maximum absolute atomic E-state index is 0. The van der Waals surface area contributed by atoms with Crippen LogP contribution in [0, 0.1) is 129 Å². The van der Waals surface area contributed by atoms with E-state index in [9.17, 15) is 0 Å². The molecule has 1 radical (unpaired) electrons. The van der Waals surface area contributed by atoms with Gasteiger partial charge < -0.3 is 0 Å². The third-order valence-electron chi connectivity index (χ3n) is 0. The van der Waals surface area contributed by atoms with Gasteiger partial charge in [0.25, 0.3) is 0 Å². The normalized spacial score (nSPS) is 0. The van der Waals surface area contributed by atoms with Crippen molar-refractivity contribution in [2.24, 2.45) is 0 Å². The molecular weight excluding hydrogens is 669 g/mol. The molecule has 33 valence electrons. The molecule has 0 nitrogen and oxygen atoms in total. The molecule has 0 spiro atoms. The second kappa shape index (κ2) is 22.6. The molecule has 0 amide bonds. The monoisotopic (exact) mass is 673 g/mol. The predicted octanol–water partition coefficient (Wildman–Crippen LogP) is -0.919. The van der Waals surface area contributed by atoms with E-state index in [1.165, 1.54) is 0 Å². The Morgan fingerprint density at radius 2 is 1.00 bits per heavy atom. The van der Waals surface area contributed by atoms with Crippen LogP contribution >= 0.6 is 0 Å². The molecule has 0 aromatic heterocycles. The van der Waals surface area contributed by atoms with E-state index >= 15 is 0 Å². The molecule has 0 fully saturated rings. The van der Waals surface area contributed by atoms with Crippen molar-refractivity contribution in [2.75, 3.05) is 0 Å². The van der Waals surface area contributed by atoms with E-state index in [4.69, 9.17) is 0 Å². The van der Waals surface area contributed by atoms with Gasteiger partial charge in [-0.3, -0.25) is 0 Å². The number of rotatable bonds is 0. The summed E-state index contributed by atoms with van der Waals surface area (Å²) in [7, 11) is 0. The van der Waals surface area contributed by atoms with E-state index in [1.54, 1.807) is 0 Å². The van der Waals surface area contributed by atoms with Crippen LogP contribution in [0.5, 0.6) is 0 Å². The summed E-state index contributed by atoms with van der Waals surface area (Å²) in [4.78, 5) is 0. The van der Waals surface area contributed by atoms with Crippen molar-refractivity contribution in [3.63, 3.8) is 0 Å². The first-order chi connectivity index (χ1) is 0. The minimum Gasteiger partial charge on any atom is 0 e. The van der Waals surface area contributed by atoms with Crippen molar-refractivity contribution < 1.29 is 151 Å². The third kappa shape index (κ3) is 17.7. The molecule has 0 saturated carbocycles. The summed E-state index contributed by atoms with van der Waals surface area (Å²) in [6.45, 7) is 0. The average Bonchev–Trinajstić information content (AvgIpc) is 0. The molecule has 0 atom stereocenters. The van der Waals surface area contributed by atoms with Crippen LogP contribution in [-0.4, -0.2) is 23.1 Å². The summed E-state index contributed by atoms with van der Waals surface area (Å²) in [5, 5.41) is 0. The van der Waals surface area contributed by atoms with Gasteiger partial charge in [0.1, 0.15) is 0 Å². The van der Waals surface area contributed by atoms with Crippen molar-refractivity contribution in [2.45, 2.75) is 0 Å². The van der Waals surface area contributed by atoms with Gasteiger partial charge in [-0.05, 0) is 0 Å². The molecule has 0 heterocycles. The largest absolute Gasteiger partial charge is 0.316 e. The molecule has 0 aliphatic rings. The van der Waals surface area contributed by atoms with Gasteiger partial charge in [-0.15, -0.1) is 0 Å². The zero-order chi connectivity index (χ0) is 0. The first-order valence-corrected chi connectivity index (χ1v) is 0. The zero-order valence-corrected chi connectivity index (χ0v) is 12.3. The second-order valence-corrected chi connectivity index (χ2v) is 0. The summed E-state index contributed by atoms with van der Waals surface area (Å²) in [5.41, 5.74) is 0. The van der Waals surface area contributed by atoms with Crippen LogP contribution < -0.4 is 0 Å². The van der Waals surface area contributed by atoms with E-state index in [0.717, 1.165) is 0 Å². The van der Waals surface area contributed by atoms with E-state index in [1.807, 2.05) is 0 Å². The topological polar surface area (TPSA) is 0 Å². The van der Waals surface area contributed by atoms with Crippen LogP contribution in [0.4, 0.5) is 0 Å². The maximum Gasteiger partial charge on any atom is 0.316 e. The SMILES string of the molecule is [Ce].[MgH2].[Sm].[Ta].[Yb]. The molecule has 0 aliphatic carbocycles. The van der Waals surface area contributed by atoms with Crippen LogP contribution in [0.25, 0.3) is 0 Å². The molecule has 5 heavy (non-hydrogen) atoms. The van der Waals surface area contributed by atoms with Gasteiger partial charge in [0.15, 0.2) is 0 Å². The van der Waals surface area contributed by atoms with Crippen molar-refractivity contribution in [3.05, 3.63) is 0 Å².